The summed E-state index contributed by atoms with van der Waals surface area (Å²) in [4.78, 5) is 32.9. The second-order valence-corrected chi connectivity index (χ2v) is 7.23. The van der Waals surface area contributed by atoms with Crippen LogP contribution in [-0.2, 0) is 24.7 Å². The topological polar surface area (TPSA) is 167 Å². The standard InChI is InChI=1S/C12H17N5O6S2.Na/c1-3-4-7-9(11(19)17(7)25(20,21)22)15-10(18)8(16-23-2)6-5-24-12(13)14-6;/h5,7,9H,3-4H2,1-2H3,(H2,13,14)(H,15,18)(H,20,21,22);/q;+1/p-1/b16-8-;/t7-,9+;/m1./s1. The van der Waals surface area contributed by atoms with E-state index >= 15 is 0 Å². The van der Waals surface area contributed by atoms with Crippen molar-refractivity contribution in [2.75, 3.05) is 12.8 Å². The third-order valence-electron chi connectivity index (χ3n) is 3.44. The molecule has 0 aromatic carbocycles. The van der Waals surface area contributed by atoms with Crippen molar-refractivity contribution in [3.05, 3.63) is 11.1 Å². The second-order valence-electron chi connectivity index (χ2n) is 5.09. The summed E-state index contributed by atoms with van der Waals surface area (Å²) >= 11 is 1.08. The molecule has 1 saturated heterocycles. The van der Waals surface area contributed by atoms with Gasteiger partial charge in [0.2, 0.25) is 0 Å². The minimum absolute atomic E-state index is 0. The van der Waals surface area contributed by atoms with Crippen LogP contribution in [-0.4, -0.2) is 59.0 Å². The number of hydrogen-bond acceptors (Lipinski definition) is 10. The fourth-order valence-corrected chi connectivity index (χ4v) is 3.87. The molecule has 2 rings (SSSR count). The van der Waals surface area contributed by atoms with Crippen molar-refractivity contribution in [2.24, 2.45) is 5.16 Å². The molecule has 0 unspecified atom stereocenters. The van der Waals surface area contributed by atoms with Crippen molar-refractivity contribution in [2.45, 2.75) is 31.8 Å². The summed E-state index contributed by atoms with van der Waals surface area (Å²) in [6.07, 6.45) is 0.747. The molecule has 1 aromatic rings. The van der Waals surface area contributed by atoms with Crippen LogP contribution < -0.4 is 40.6 Å². The molecule has 1 fully saturated rings. The monoisotopic (exact) mass is 413 g/mol. The van der Waals surface area contributed by atoms with E-state index in [1.807, 2.05) is 0 Å². The number of hydrogen-bond donors (Lipinski definition) is 2. The number of aromatic nitrogens is 1. The van der Waals surface area contributed by atoms with Gasteiger partial charge in [-0.1, -0.05) is 18.5 Å². The molecule has 26 heavy (non-hydrogen) atoms. The molecule has 138 valence electrons. The Morgan fingerprint density at radius 1 is 1.58 bits per heavy atom. The van der Waals surface area contributed by atoms with Crippen molar-refractivity contribution in [3.63, 3.8) is 0 Å². The predicted molar refractivity (Wildman–Crippen MR) is 87.2 cm³/mol. The van der Waals surface area contributed by atoms with Crippen molar-refractivity contribution in [1.82, 2.24) is 14.6 Å². The summed E-state index contributed by atoms with van der Waals surface area (Å²) in [6.45, 7) is 1.76. The first-order valence-electron chi connectivity index (χ1n) is 7.13. The Labute approximate surface area is 176 Å². The Morgan fingerprint density at radius 3 is 2.69 bits per heavy atom. The zero-order valence-electron chi connectivity index (χ0n) is 14.3. The number of anilines is 1. The van der Waals surface area contributed by atoms with Gasteiger partial charge in [-0.05, 0) is 6.42 Å². The van der Waals surface area contributed by atoms with Gasteiger partial charge in [0.1, 0.15) is 18.8 Å². The molecule has 14 heteroatoms. The van der Waals surface area contributed by atoms with Gasteiger partial charge in [-0.2, -0.15) is 0 Å². The van der Waals surface area contributed by atoms with Crippen molar-refractivity contribution in [3.8, 4) is 0 Å². The van der Waals surface area contributed by atoms with Gasteiger partial charge >= 0.3 is 29.6 Å². The molecule has 1 aliphatic rings. The molecule has 0 radical (unpaired) electrons. The first-order chi connectivity index (χ1) is 11.7. The Balaban J connectivity index is 0.00000338. The van der Waals surface area contributed by atoms with Gasteiger partial charge in [-0.25, -0.2) is 17.7 Å². The number of carbonyl (C=O) groups is 2. The summed E-state index contributed by atoms with van der Waals surface area (Å²) in [6, 6.07) is -2.08. The molecule has 0 spiro atoms. The van der Waals surface area contributed by atoms with E-state index in [0.717, 1.165) is 11.3 Å². The zero-order chi connectivity index (χ0) is 18.8. The van der Waals surface area contributed by atoms with E-state index in [-0.39, 0.29) is 56.8 Å². The quantitative estimate of drug-likeness (QED) is 0.150. The number of rotatable bonds is 7. The van der Waals surface area contributed by atoms with Crippen LogP contribution in [0.2, 0.25) is 0 Å². The summed E-state index contributed by atoms with van der Waals surface area (Å²) in [5.74, 6) is -1.79. The molecule has 3 N–H and O–H groups in total. The average molecular weight is 413 g/mol. The number of nitrogens with one attached hydrogen (secondary N) is 1. The number of carbonyl (C=O) groups excluding carboxylic acids is 2. The number of nitrogen functional groups attached to an aromatic ring is 1. The number of amides is 2. The Kier molecular flexibility index (Phi) is 7.98. The van der Waals surface area contributed by atoms with Gasteiger partial charge in [0.25, 0.3) is 11.8 Å². The molecule has 1 aliphatic heterocycles. The minimum Gasteiger partial charge on any atom is -0.731 e. The fraction of sp³-hybridized carbons (Fsp3) is 0.500. The normalized spacial score (nSPS) is 20.2. The SMILES string of the molecule is CCC[C@@H]1[C@H](NC(=O)/C(=N\OC)c2csc(N)n2)C(=O)N1S(=O)(=O)[O-].[Na+]. The summed E-state index contributed by atoms with van der Waals surface area (Å²) in [5.41, 5.74) is 5.45. The van der Waals surface area contributed by atoms with E-state index in [0.29, 0.717) is 6.42 Å². The maximum atomic E-state index is 12.4. The van der Waals surface area contributed by atoms with Crippen LogP contribution in [0.25, 0.3) is 0 Å². The van der Waals surface area contributed by atoms with Crippen LogP contribution in [0.5, 0.6) is 0 Å². The van der Waals surface area contributed by atoms with Gasteiger partial charge < -0.3 is 20.4 Å². The molecule has 2 heterocycles. The van der Waals surface area contributed by atoms with Gasteiger partial charge in [-0.3, -0.25) is 9.59 Å². The van der Waals surface area contributed by atoms with E-state index in [1.165, 1.54) is 12.5 Å². The van der Waals surface area contributed by atoms with E-state index in [4.69, 9.17) is 5.73 Å². The smallest absolute Gasteiger partial charge is 0.731 e. The number of nitrogens with zero attached hydrogens (tertiary/aromatic N) is 3. The molecular weight excluding hydrogens is 397 g/mol. The number of nitrogens with two attached hydrogens (primary N) is 1. The van der Waals surface area contributed by atoms with Gasteiger partial charge in [0.15, 0.2) is 21.1 Å². The third kappa shape index (κ3) is 4.72. The van der Waals surface area contributed by atoms with Crippen molar-refractivity contribution in [1.29, 1.82) is 0 Å². The van der Waals surface area contributed by atoms with Crippen LogP contribution in [0.4, 0.5) is 5.13 Å². The van der Waals surface area contributed by atoms with Crippen LogP contribution in [0.15, 0.2) is 10.5 Å². The fourth-order valence-electron chi connectivity index (χ4n) is 2.43. The molecule has 2 atom stereocenters. The largest absolute Gasteiger partial charge is 1.00 e. The first-order valence-corrected chi connectivity index (χ1v) is 9.37. The first kappa shape index (κ1) is 22.8. The molecule has 2 amide bonds. The zero-order valence-corrected chi connectivity index (χ0v) is 18.0. The maximum Gasteiger partial charge on any atom is 1.00 e. The maximum absolute atomic E-state index is 12.4. The predicted octanol–water partition coefficient (Wildman–Crippen LogP) is -3.96. The van der Waals surface area contributed by atoms with E-state index < -0.39 is 34.2 Å². The number of β-lactam (4-membered cyclic amide) rings is 1. The van der Waals surface area contributed by atoms with Crippen molar-refractivity contribution < 1.29 is 57.0 Å². The summed E-state index contributed by atoms with van der Waals surface area (Å²) < 4.78 is 33.8. The minimum atomic E-state index is -4.93. The van der Waals surface area contributed by atoms with Crippen molar-refractivity contribution >= 4 is 44.3 Å². The Hall–Kier alpha value is -1.25. The third-order valence-corrected chi connectivity index (χ3v) is 5.05. The molecule has 11 nitrogen and oxygen atoms in total. The van der Waals surface area contributed by atoms with Gasteiger partial charge in [0.05, 0.1) is 6.04 Å². The van der Waals surface area contributed by atoms with Gasteiger partial charge in [-0.15, -0.1) is 11.3 Å². The van der Waals surface area contributed by atoms with Crippen LogP contribution in [0.1, 0.15) is 25.5 Å². The van der Waals surface area contributed by atoms with Crippen LogP contribution >= 0.6 is 11.3 Å². The summed E-state index contributed by atoms with van der Waals surface area (Å²) in [7, 11) is -3.71. The van der Waals surface area contributed by atoms with Gasteiger partial charge in [0, 0.05) is 5.38 Å². The van der Waals surface area contributed by atoms with E-state index in [1.54, 1.807) is 6.92 Å². The molecule has 0 saturated carbocycles. The molecule has 0 aliphatic carbocycles. The van der Waals surface area contributed by atoms with E-state index in [2.05, 4.69) is 20.3 Å². The van der Waals surface area contributed by atoms with Crippen LogP contribution in [0, 0.1) is 0 Å². The molecular formula is C12H16N5NaO6S2. The van der Waals surface area contributed by atoms with Crippen LogP contribution in [0.3, 0.4) is 0 Å². The summed E-state index contributed by atoms with van der Waals surface area (Å²) in [5, 5.41) is 7.63. The average Bonchev–Trinajstić information content (AvgIpc) is 2.94. The second kappa shape index (κ2) is 9.10. The Morgan fingerprint density at radius 2 is 2.23 bits per heavy atom. The molecule has 1 aromatic heterocycles. The number of thiazole rings is 1. The van der Waals surface area contributed by atoms with E-state index in [9.17, 15) is 22.6 Å². The Bertz CT molecular complexity index is 811. The number of oxime groups is 1. The molecule has 0 bridgehead atoms.